The molecule has 2 aromatic carbocycles. The number of carboxylic acid groups (broad SMARTS) is 2. The molecule has 0 radical (unpaired) electrons. The lowest BCUT2D eigenvalue weighted by Crippen LogP contribution is -2.24. The topological polar surface area (TPSA) is 106 Å². The van der Waals surface area contributed by atoms with Crippen LogP contribution < -0.4 is 0 Å². The highest BCUT2D eigenvalue weighted by Crippen LogP contribution is 2.06. The van der Waals surface area contributed by atoms with Gasteiger partial charge in [-0.3, -0.25) is 0 Å². The average Bonchev–Trinajstić information content (AvgIpc) is 2.84. The van der Waals surface area contributed by atoms with Gasteiger partial charge in [-0.2, -0.15) is 20.2 Å². The quantitative estimate of drug-likeness (QED) is 0.267. The highest BCUT2D eigenvalue weighted by atomic mass is 16.4. The molecule has 0 saturated heterocycles. The first kappa shape index (κ1) is 25.5. The Morgan fingerprint density at radius 3 is 1.47 bits per heavy atom. The molecule has 0 fully saturated rings. The van der Waals surface area contributed by atoms with Crippen LogP contribution in [0.4, 0.5) is 9.59 Å². The molecule has 0 aliphatic heterocycles. The maximum Gasteiger partial charge on any atom is 0.428 e. The van der Waals surface area contributed by atoms with Crippen LogP contribution in [0, 0.1) is 0 Å². The van der Waals surface area contributed by atoms with E-state index in [9.17, 15) is 19.8 Å². The number of allylic oxidation sites excluding steroid dienone is 2. The van der Waals surface area contributed by atoms with Gasteiger partial charge in [-0.05, 0) is 34.4 Å². The standard InChI is InChI=1S/C26H26N4O4/c1-3-21-11-9-13-23(17-21)19-27-29(25(31)32)15-7-5-6-8-16-30(26(33)34)28-20-24-14-10-12-22(4-2)18-24/h3-14,17-20H,1-2,15-16H2,(H,31,32)(H,33,34). The third-order valence-electron chi connectivity index (χ3n) is 4.37. The molecule has 2 amide bonds. The van der Waals surface area contributed by atoms with Crippen molar-refractivity contribution in [1.29, 1.82) is 0 Å². The number of amides is 2. The zero-order valence-electron chi connectivity index (χ0n) is 18.6. The Labute approximate surface area is 198 Å². The van der Waals surface area contributed by atoms with Gasteiger partial charge in [0.15, 0.2) is 0 Å². The number of nitrogens with zero attached hydrogens (tertiary/aromatic N) is 4. The van der Waals surface area contributed by atoms with Crippen molar-refractivity contribution in [2.24, 2.45) is 10.2 Å². The Bertz CT molecular complexity index is 1050. The van der Waals surface area contributed by atoms with E-state index >= 15 is 0 Å². The van der Waals surface area contributed by atoms with Crippen molar-refractivity contribution >= 4 is 36.8 Å². The summed E-state index contributed by atoms with van der Waals surface area (Å²) in [5.74, 6) is 0. The third kappa shape index (κ3) is 8.80. The van der Waals surface area contributed by atoms with Crippen molar-refractivity contribution in [3.63, 3.8) is 0 Å². The van der Waals surface area contributed by atoms with Gasteiger partial charge in [0.25, 0.3) is 0 Å². The van der Waals surface area contributed by atoms with Crippen LogP contribution in [0.1, 0.15) is 22.3 Å². The highest BCUT2D eigenvalue weighted by molar-refractivity contribution is 5.82. The molecule has 0 heterocycles. The third-order valence-corrected chi connectivity index (χ3v) is 4.37. The maximum absolute atomic E-state index is 11.4. The summed E-state index contributed by atoms with van der Waals surface area (Å²) in [4.78, 5) is 22.8. The van der Waals surface area contributed by atoms with Crippen molar-refractivity contribution in [2.75, 3.05) is 13.1 Å². The fraction of sp³-hybridized carbons (Fsp3) is 0.0769. The number of rotatable bonds is 11. The van der Waals surface area contributed by atoms with Crippen LogP contribution in [-0.4, -0.2) is 57.9 Å². The first-order valence-electron chi connectivity index (χ1n) is 10.3. The Morgan fingerprint density at radius 2 is 1.12 bits per heavy atom. The molecule has 2 rings (SSSR count). The van der Waals surface area contributed by atoms with Crippen LogP contribution >= 0.6 is 0 Å². The van der Waals surface area contributed by atoms with Gasteiger partial charge in [0.2, 0.25) is 0 Å². The molecule has 8 heteroatoms. The summed E-state index contributed by atoms with van der Waals surface area (Å²) in [5, 5.41) is 28.4. The summed E-state index contributed by atoms with van der Waals surface area (Å²) in [5.41, 5.74) is 3.30. The molecule has 0 unspecified atom stereocenters. The molecular weight excluding hydrogens is 432 g/mol. The van der Waals surface area contributed by atoms with Crippen molar-refractivity contribution in [2.45, 2.75) is 0 Å². The minimum Gasteiger partial charge on any atom is -0.464 e. The Balaban J connectivity index is 1.92. The zero-order valence-corrected chi connectivity index (χ0v) is 18.6. The van der Waals surface area contributed by atoms with Gasteiger partial charge in [0.1, 0.15) is 0 Å². The van der Waals surface area contributed by atoms with Crippen LogP contribution in [-0.2, 0) is 0 Å². The number of benzene rings is 2. The molecule has 0 saturated carbocycles. The van der Waals surface area contributed by atoms with Crippen molar-refractivity contribution in [1.82, 2.24) is 10.0 Å². The molecule has 34 heavy (non-hydrogen) atoms. The molecule has 0 atom stereocenters. The number of hydrogen-bond acceptors (Lipinski definition) is 4. The zero-order chi connectivity index (χ0) is 24.8. The van der Waals surface area contributed by atoms with Gasteiger partial charge in [-0.15, -0.1) is 0 Å². The molecule has 0 aromatic heterocycles. The smallest absolute Gasteiger partial charge is 0.428 e. The summed E-state index contributed by atoms with van der Waals surface area (Å²) in [6, 6.07) is 14.7. The normalized spacial score (nSPS) is 11.4. The molecule has 2 aromatic rings. The van der Waals surface area contributed by atoms with Gasteiger partial charge < -0.3 is 10.2 Å². The van der Waals surface area contributed by atoms with E-state index in [0.29, 0.717) is 0 Å². The van der Waals surface area contributed by atoms with E-state index in [2.05, 4.69) is 23.4 Å². The van der Waals surface area contributed by atoms with E-state index in [1.54, 1.807) is 36.5 Å². The Morgan fingerprint density at radius 1 is 0.735 bits per heavy atom. The second-order valence-corrected chi connectivity index (χ2v) is 6.82. The summed E-state index contributed by atoms with van der Waals surface area (Å²) >= 11 is 0. The molecular formula is C26H26N4O4. The second-order valence-electron chi connectivity index (χ2n) is 6.82. The van der Waals surface area contributed by atoms with E-state index in [1.165, 1.54) is 12.4 Å². The summed E-state index contributed by atoms with van der Waals surface area (Å²) in [7, 11) is 0. The molecule has 0 aliphatic carbocycles. The van der Waals surface area contributed by atoms with Crippen molar-refractivity contribution in [3.05, 3.63) is 108 Å². The van der Waals surface area contributed by atoms with E-state index in [4.69, 9.17) is 0 Å². The van der Waals surface area contributed by atoms with Crippen LogP contribution in [0.5, 0.6) is 0 Å². The summed E-state index contributed by atoms with van der Waals surface area (Å²) in [6.45, 7) is 7.45. The highest BCUT2D eigenvalue weighted by Gasteiger charge is 2.08. The molecule has 0 bridgehead atoms. The fourth-order valence-electron chi connectivity index (χ4n) is 2.63. The SMILES string of the molecule is C=Cc1cccc(C=NN(CC=CC=CCN(N=Cc2cccc(C=C)c2)C(=O)O)C(=O)O)c1. The Hall–Kier alpha value is -4.72. The van der Waals surface area contributed by atoms with E-state index < -0.39 is 12.2 Å². The lowest BCUT2D eigenvalue weighted by Gasteiger charge is -2.10. The van der Waals surface area contributed by atoms with Crippen LogP contribution in [0.25, 0.3) is 12.2 Å². The minimum absolute atomic E-state index is 0.0256. The van der Waals surface area contributed by atoms with Crippen LogP contribution in [0.2, 0.25) is 0 Å². The van der Waals surface area contributed by atoms with E-state index in [-0.39, 0.29) is 13.1 Å². The number of hydrazone groups is 2. The van der Waals surface area contributed by atoms with E-state index in [1.807, 2.05) is 48.5 Å². The lowest BCUT2D eigenvalue weighted by atomic mass is 10.1. The van der Waals surface area contributed by atoms with Gasteiger partial charge in [-0.1, -0.05) is 86.0 Å². The average molecular weight is 459 g/mol. The summed E-state index contributed by atoms with van der Waals surface area (Å²) in [6.07, 6.45) is 10.3. The van der Waals surface area contributed by atoms with Gasteiger partial charge in [0, 0.05) is 0 Å². The Kier molecular flexibility index (Phi) is 10.2. The van der Waals surface area contributed by atoms with Gasteiger partial charge in [-0.25, -0.2) is 9.59 Å². The minimum atomic E-state index is -1.20. The van der Waals surface area contributed by atoms with Crippen molar-refractivity contribution in [3.8, 4) is 0 Å². The predicted molar refractivity (Wildman–Crippen MR) is 136 cm³/mol. The first-order valence-corrected chi connectivity index (χ1v) is 10.3. The van der Waals surface area contributed by atoms with Crippen molar-refractivity contribution < 1.29 is 19.8 Å². The monoisotopic (exact) mass is 458 g/mol. The van der Waals surface area contributed by atoms with E-state index in [0.717, 1.165) is 32.3 Å². The molecule has 2 N–H and O–H groups in total. The largest absolute Gasteiger partial charge is 0.464 e. The fourth-order valence-corrected chi connectivity index (χ4v) is 2.63. The summed E-state index contributed by atoms with van der Waals surface area (Å²) < 4.78 is 0. The molecule has 174 valence electrons. The molecule has 8 nitrogen and oxygen atoms in total. The number of carbonyl (C=O) groups is 2. The van der Waals surface area contributed by atoms with Crippen LogP contribution in [0.15, 0.2) is 96.2 Å². The molecule has 0 spiro atoms. The molecule has 0 aliphatic rings. The second kappa shape index (κ2) is 13.6. The maximum atomic E-state index is 11.4. The number of hydrogen-bond donors (Lipinski definition) is 2. The van der Waals surface area contributed by atoms with Gasteiger partial charge >= 0.3 is 12.2 Å². The van der Waals surface area contributed by atoms with Crippen LogP contribution in [0.3, 0.4) is 0 Å². The lowest BCUT2D eigenvalue weighted by molar-refractivity contribution is 0.151. The predicted octanol–water partition coefficient (Wildman–Crippen LogP) is 5.41. The van der Waals surface area contributed by atoms with Gasteiger partial charge in [0.05, 0.1) is 25.5 Å². The first-order chi connectivity index (χ1) is 16.4.